The van der Waals surface area contributed by atoms with Gasteiger partial charge in [0.15, 0.2) is 17.5 Å². The van der Waals surface area contributed by atoms with Crippen LogP contribution < -0.4 is 20.7 Å². The van der Waals surface area contributed by atoms with Crippen LogP contribution in [-0.2, 0) is 11.3 Å². The molecule has 8 nitrogen and oxygen atoms in total. The molecule has 0 bridgehead atoms. The molecular weight excluding hydrogens is 540 g/mol. The highest BCUT2D eigenvalue weighted by atomic mass is 127. The molecule has 1 fully saturated rings. The molecule has 1 heterocycles. The first-order chi connectivity index (χ1) is 15.5. The zero-order valence-corrected chi connectivity index (χ0v) is 21.0. The number of hydrogen-bond acceptors (Lipinski definition) is 4. The average Bonchev–Trinajstić information content (AvgIpc) is 2.80. The van der Waals surface area contributed by atoms with Crippen LogP contribution in [0.4, 0.5) is 4.39 Å². The monoisotopic (exact) mass is 569 g/mol. The summed E-state index contributed by atoms with van der Waals surface area (Å²) in [7, 11) is 1.66. The minimum absolute atomic E-state index is 0. The van der Waals surface area contributed by atoms with Crippen LogP contribution in [0.25, 0.3) is 0 Å². The van der Waals surface area contributed by atoms with Gasteiger partial charge in [0.2, 0.25) is 5.91 Å². The SMILES string of the molecule is CN=C(NCc1ccc(C(=O)N2CCNC(=O)C2)cc1)NCC(C)Oc1ccccc1F.I. The van der Waals surface area contributed by atoms with E-state index in [-0.39, 0.29) is 54.2 Å². The highest BCUT2D eigenvalue weighted by Crippen LogP contribution is 2.16. The van der Waals surface area contributed by atoms with Gasteiger partial charge in [0.25, 0.3) is 5.91 Å². The minimum Gasteiger partial charge on any atom is -0.486 e. The zero-order chi connectivity index (χ0) is 22.9. The fraction of sp³-hybridized carbons (Fsp3) is 0.348. The van der Waals surface area contributed by atoms with Gasteiger partial charge in [-0.2, -0.15) is 0 Å². The smallest absolute Gasteiger partial charge is 0.254 e. The summed E-state index contributed by atoms with van der Waals surface area (Å²) in [6.07, 6.45) is -0.271. The molecule has 1 unspecified atom stereocenters. The number of carbonyl (C=O) groups excluding carboxylic acids is 2. The summed E-state index contributed by atoms with van der Waals surface area (Å²) in [6.45, 7) is 3.85. The second-order valence-corrected chi connectivity index (χ2v) is 7.44. The molecule has 0 radical (unpaired) electrons. The maximum Gasteiger partial charge on any atom is 0.254 e. The highest BCUT2D eigenvalue weighted by molar-refractivity contribution is 14.0. The lowest BCUT2D eigenvalue weighted by Gasteiger charge is -2.26. The second kappa shape index (κ2) is 13.0. The van der Waals surface area contributed by atoms with Crippen LogP contribution in [0.1, 0.15) is 22.8 Å². The number of guanidine groups is 1. The van der Waals surface area contributed by atoms with E-state index in [1.807, 2.05) is 19.1 Å². The Morgan fingerprint density at radius 1 is 1.21 bits per heavy atom. The molecule has 1 aliphatic heterocycles. The topological polar surface area (TPSA) is 95.1 Å². The number of amides is 2. The average molecular weight is 569 g/mol. The highest BCUT2D eigenvalue weighted by Gasteiger charge is 2.22. The van der Waals surface area contributed by atoms with Gasteiger partial charge in [-0.05, 0) is 36.8 Å². The van der Waals surface area contributed by atoms with E-state index in [9.17, 15) is 14.0 Å². The molecule has 0 saturated carbocycles. The number of carbonyl (C=O) groups is 2. The summed E-state index contributed by atoms with van der Waals surface area (Å²) in [6, 6.07) is 13.5. The first-order valence-corrected chi connectivity index (χ1v) is 10.5. The summed E-state index contributed by atoms with van der Waals surface area (Å²) < 4.78 is 19.3. The summed E-state index contributed by atoms with van der Waals surface area (Å²) in [5.74, 6) is 0.101. The fourth-order valence-electron chi connectivity index (χ4n) is 3.21. The number of piperazine rings is 1. The van der Waals surface area contributed by atoms with Gasteiger partial charge in [0.05, 0.1) is 13.1 Å². The van der Waals surface area contributed by atoms with Crippen LogP contribution in [0, 0.1) is 5.82 Å². The Morgan fingerprint density at radius 2 is 1.94 bits per heavy atom. The molecule has 2 aromatic carbocycles. The largest absolute Gasteiger partial charge is 0.486 e. The third kappa shape index (κ3) is 7.88. The Hall–Kier alpha value is -2.89. The fourth-order valence-corrected chi connectivity index (χ4v) is 3.21. The third-order valence-electron chi connectivity index (χ3n) is 4.93. The van der Waals surface area contributed by atoms with E-state index < -0.39 is 5.82 Å². The maximum atomic E-state index is 13.7. The van der Waals surface area contributed by atoms with E-state index in [0.717, 1.165) is 5.56 Å². The number of aliphatic imine (C=N–C) groups is 1. The standard InChI is InChI=1S/C23H28FN5O3.HI/c1-16(32-20-6-4-3-5-19(20)24)13-27-23(25-2)28-14-17-7-9-18(10-8-17)22(31)29-12-11-26-21(30)15-29;/h3-10,16H,11-15H2,1-2H3,(H,26,30)(H2,25,27,28);1H. The van der Waals surface area contributed by atoms with Crippen molar-refractivity contribution in [2.75, 3.05) is 33.2 Å². The predicted octanol–water partition coefficient (Wildman–Crippen LogP) is 2.15. The first-order valence-electron chi connectivity index (χ1n) is 10.5. The van der Waals surface area contributed by atoms with Crippen molar-refractivity contribution in [3.8, 4) is 5.75 Å². The Labute approximate surface area is 210 Å². The van der Waals surface area contributed by atoms with Crippen LogP contribution in [0.3, 0.4) is 0 Å². The van der Waals surface area contributed by atoms with E-state index in [4.69, 9.17) is 4.74 Å². The molecule has 1 aliphatic rings. The molecule has 2 amide bonds. The second-order valence-electron chi connectivity index (χ2n) is 7.44. The summed E-state index contributed by atoms with van der Waals surface area (Å²) in [4.78, 5) is 29.7. The summed E-state index contributed by atoms with van der Waals surface area (Å²) >= 11 is 0. The molecule has 1 saturated heterocycles. The van der Waals surface area contributed by atoms with Crippen molar-refractivity contribution in [3.05, 3.63) is 65.5 Å². The number of benzene rings is 2. The van der Waals surface area contributed by atoms with E-state index in [1.165, 1.54) is 6.07 Å². The van der Waals surface area contributed by atoms with Gasteiger partial charge < -0.3 is 25.6 Å². The van der Waals surface area contributed by atoms with Gasteiger partial charge in [-0.1, -0.05) is 24.3 Å². The molecule has 3 rings (SSSR count). The van der Waals surface area contributed by atoms with Gasteiger partial charge >= 0.3 is 0 Å². The Morgan fingerprint density at radius 3 is 2.61 bits per heavy atom. The van der Waals surface area contributed by atoms with Crippen LogP contribution in [0.15, 0.2) is 53.5 Å². The van der Waals surface area contributed by atoms with Crippen molar-refractivity contribution in [1.29, 1.82) is 0 Å². The quantitative estimate of drug-likeness (QED) is 0.270. The Bertz CT molecular complexity index is 971. The van der Waals surface area contributed by atoms with E-state index >= 15 is 0 Å². The maximum absolute atomic E-state index is 13.7. The molecular formula is C23H29FIN5O3. The van der Waals surface area contributed by atoms with E-state index in [2.05, 4.69) is 20.9 Å². The number of hydrogen-bond donors (Lipinski definition) is 3. The van der Waals surface area contributed by atoms with Gasteiger partial charge in [-0.15, -0.1) is 24.0 Å². The zero-order valence-electron chi connectivity index (χ0n) is 18.6. The van der Waals surface area contributed by atoms with E-state index in [0.29, 0.717) is 37.7 Å². The van der Waals surface area contributed by atoms with Gasteiger partial charge in [0, 0.05) is 32.2 Å². The summed E-state index contributed by atoms with van der Waals surface area (Å²) in [5.41, 5.74) is 1.52. The van der Waals surface area contributed by atoms with Crippen LogP contribution in [0.5, 0.6) is 5.75 Å². The molecule has 178 valence electrons. The lowest BCUT2D eigenvalue weighted by Crippen LogP contribution is -2.49. The molecule has 0 aliphatic carbocycles. The van der Waals surface area contributed by atoms with E-state index in [1.54, 1.807) is 42.3 Å². The van der Waals surface area contributed by atoms with Crippen LogP contribution in [0.2, 0.25) is 0 Å². The molecule has 1 atom stereocenters. The number of nitrogens with zero attached hydrogens (tertiary/aromatic N) is 2. The predicted molar refractivity (Wildman–Crippen MR) is 135 cm³/mol. The number of nitrogens with one attached hydrogen (secondary N) is 3. The van der Waals surface area contributed by atoms with Crippen molar-refractivity contribution in [3.63, 3.8) is 0 Å². The molecule has 33 heavy (non-hydrogen) atoms. The van der Waals surface area contributed by atoms with Crippen molar-refractivity contribution < 1.29 is 18.7 Å². The minimum atomic E-state index is -0.396. The lowest BCUT2D eigenvalue weighted by molar-refractivity contribution is -0.123. The Kier molecular flexibility index (Phi) is 10.4. The number of para-hydroxylation sites is 1. The first kappa shape index (κ1) is 26.4. The van der Waals surface area contributed by atoms with Gasteiger partial charge in [-0.25, -0.2) is 4.39 Å². The molecule has 10 heteroatoms. The number of halogens is 2. The molecule has 0 spiro atoms. The number of rotatable bonds is 7. The number of ether oxygens (including phenoxy) is 1. The van der Waals surface area contributed by atoms with Crippen molar-refractivity contribution in [1.82, 2.24) is 20.9 Å². The van der Waals surface area contributed by atoms with Crippen LogP contribution in [-0.4, -0.2) is 62.0 Å². The van der Waals surface area contributed by atoms with Crippen molar-refractivity contribution in [2.45, 2.75) is 19.6 Å². The van der Waals surface area contributed by atoms with Crippen molar-refractivity contribution >= 4 is 41.8 Å². The van der Waals surface area contributed by atoms with Gasteiger partial charge in [-0.3, -0.25) is 14.6 Å². The van der Waals surface area contributed by atoms with Crippen LogP contribution >= 0.6 is 24.0 Å². The third-order valence-corrected chi connectivity index (χ3v) is 4.93. The molecule has 0 aromatic heterocycles. The lowest BCUT2D eigenvalue weighted by atomic mass is 10.1. The summed E-state index contributed by atoms with van der Waals surface area (Å²) in [5, 5.41) is 9.05. The van der Waals surface area contributed by atoms with Gasteiger partial charge in [0.1, 0.15) is 6.10 Å². The van der Waals surface area contributed by atoms with Crippen molar-refractivity contribution in [2.24, 2.45) is 4.99 Å². The normalized spacial score (nSPS) is 14.6. The molecule has 3 N–H and O–H groups in total. The molecule has 2 aromatic rings. The Balaban J connectivity index is 0.00000385.